The number of nitrogens with one attached hydrogen (secondary N) is 2. The average molecular weight is 366 g/mol. The van der Waals surface area contributed by atoms with Crippen LogP contribution in [-0.2, 0) is 4.79 Å². The van der Waals surface area contributed by atoms with Gasteiger partial charge in [-0.3, -0.25) is 4.79 Å². The summed E-state index contributed by atoms with van der Waals surface area (Å²) in [5.41, 5.74) is 1.69. The van der Waals surface area contributed by atoms with E-state index in [1.165, 1.54) is 6.07 Å². The Morgan fingerprint density at radius 2 is 1.84 bits per heavy atom. The van der Waals surface area contributed by atoms with Gasteiger partial charge in [0.05, 0.1) is 23.6 Å². The standard InChI is InChI=1S/C18H18ClF2N3O/c19-12-3-6-17(24-7-1-2-8-24)16(9-12)22-11-18(25)23-15-5-4-13(20)10-14(15)21/h3-6,9-10,22H,1-2,7-8,11H2,(H,23,25). The third-order valence-corrected chi connectivity index (χ3v) is 4.29. The summed E-state index contributed by atoms with van der Waals surface area (Å²) in [6.07, 6.45) is 2.26. The maximum absolute atomic E-state index is 13.6. The summed E-state index contributed by atoms with van der Waals surface area (Å²) in [5.74, 6) is -1.94. The van der Waals surface area contributed by atoms with Gasteiger partial charge in [0.15, 0.2) is 0 Å². The molecule has 2 aromatic carbocycles. The van der Waals surface area contributed by atoms with Crippen molar-refractivity contribution < 1.29 is 13.6 Å². The number of hydrogen-bond acceptors (Lipinski definition) is 3. The van der Waals surface area contributed by atoms with Crippen LogP contribution in [0.4, 0.5) is 25.8 Å². The minimum absolute atomic E-state index is 0.0564. The first kappa shape index (κ1) is 17.5. The second-order valence-corrected chi connectivity index (χ2v) is 6.32. The zero-order chi connectivity index (χ0) is 17.8. The molecule has 1 aliphatic rings. The summed E-state index contributed by atoms with van der Waals surface area (Å²) < 4.78 is 26.5. The number of carbonyl (C=O) groups excluding carboxylic acids is 1. The summed E-state index contributed by atoms with van der Waals surface area (Å²) in [7, 11) is 0. The number of anilines is 3. The molecule has 0 aromatic heterocycles. The van der Waals surface area contributed by atoms with Crippen LogP contribution in [0.15, 0.2) is 36.4 Å². The fourth-order valence-corrected chi connectivity index (χ4v) is 3.02. The van der Waals surface area contributed by atoms with E-state index < -0.39 is 17.5 Å². The van der Waals surface area contributed by atoms with Gasteiger partial charge in [-0.1, -0.05) is 11.6 Å². The Hall–Kier alpha value is -2.34. The molecule has 2 aromatic rings. The van der Waals surface area contributed by atoms with E-state index in [0.29, 0.717) is 5.02 Å². The first-order valence-corrected chi connectivity index (χ1v) is 8.44. The topological polar surface area (TPSA) is 44.4 Å². The van der Waals surface area contributed by atoms with Crippen molar-refractivity contribution in [2.24, 2.45) is 0 Å². The first-order valence-electron chi connectivity index (χ1n) is 8.06. The molecule has 7 heteroatoms. The fraction of sp³-hybridized carbons (Fsp3) is 0.278. The van der Waals surface area contributed by atoms with Gasteiger partial charge < -0.3 is 15.5 Å². The Morgan fingerprint density at radius 1 is 1.08 bits per heavy atom. The van der Waals surface area contributed by atoms with Crippen molar-refractivity contribution in [3.63, 3.8) is 0 Å². The van der Waals surface area contributed by atoms with Gasteiger partial charge >= 0.3 is 0 Å². The normalized spacial score (nSPS) is 13.8. The van der Waals surface area contributed by atoms with Crippen molar-refractivity contribution >= 4 is 34.6 Å². The van der Waals surface area contributed by atoms with Gasteiger partial charge in [0.2, 0.25) is 5.91 Å². The lowest BCUT2D eigenvalue weighted by atomic mass is 10.2. The molecule has 2 N–H and O–H groups in total. The molecule has 0 aliphatic carbocycles. The summed E-state index contributed by atoms with van der Waals surface area (Å²) in [6.45, 7) is 1.87. The third kappa shape index (κ3) is 4.39. The van der Waals surface area contributed by atoms with Crippen LogP contribution in [0.3, 0.4) is 0 Å². The molecule has 0 saturated carbocycles. The van der Waals surface area contributed by atoms with Gasteiger partial charge in [0.25, 0.3) is 0 Å². The van der Waals surface area contributed by atoms with E-state index >= 15 is 0 Å². The summed E-state index contributed by atoms with van der Waals surface area (Å²) in [4.78, 5) is 14.3. The molecule has 0 spiro atoms. The first-order chi connectivity index (χ1) is 12.0. The van der Waals surface area contributed by atoms with Crippen molar-refractivity contribution in [2.45, 2.75) is 12.8 Å². The second kappa shape index (κ2) is 7.70. The maximum atomic E-state index is 13.6. The molecule has 0 radical (unpaired) electrons. The number of rotatable bonds is 5. The lowest BCUT2D eigenvalue weighted by Gasteiger charge is -2.22. The van der Waals surface area contributed by atoms with Crippen LogP contribution >= 0.6 is 11.6 Å². The lowest BCUT2D eigenvalue weighted by molar-refractivity contribution is -0.114. The molecule has 0 atom stereocenters. The zero-order valence-electron chi connectivity index (χ0n) is 13.5. The van der Waals surface area contributed by atoms with Crippen LogP contribution < -0.4 is 15.5 Å². The molecule has 1 fully saturated rings. The van der Waals surface area contributed by atoms with E-state index in [0.717, 1.165) is 49.4 Å². The number of carbonyl (C=O) groups is 1. The predicted octanol–water partition coefficient (Wildman–Crippen LogP) is 4.27. The van der Waals surface area contributed by atoms with Crippen molar-refractivity contribution in [3.8, 4) is 0 Å². The highest BCUT2D eigenvalue weighted by Crippen LogP contribution is 2.31. The highest BCUT2D eigenvalue weighted by atomic mass is 35.5. The highest BCUT2D eigenvalue weighted by Gasteiger charge is 2.16. The van der Waals surface area contributed by atoms with E-state index in [1.807, 2.05) is 12.1 Å². The Labute approximate surface area is 149 Å². The minimum Gasteiger partial charge on any atom is -0.374 e. The van der Waals surface area contributed by atoms with Crippen LogP contribution in [0, 0.1) is 11.6 Å². The van der Waals surface area contributed by atoms with E-state index in [2.05, 4.69) is 15.5 Å². The number of amides is 1. The fourth-order valence-electron chi connectivity index (χ4n) is 2.84. The molecule has 4 nitrogen and oxygen atoms in total. The summed E-state index contributed by atoms with van der Waals surface area (Å²) >= 11 is 6.06. The average Bonchev–Trinajstić information content (AvgIpc) is 3.10. The molecule has 0 unspecified atom stereocenters. The van der Waals surface area contributed by atoms with Crippen molar-refractivity contribution in [3.05, 3.63) is 53.1 Å². The molecule has 25 heavy (non-hydrogen) atoms. The summed E-state index contributed by atoms with van der Waals surface area (Å²) in [6, 6.07) is 8.51. The van der Waals surface area contributed by atoms with Crippen LogP contribution in [0.2, 0.25) is 5.02 Å². The molecule has 1 aliphatic heterocycles. The van der Waals surface area contributed by atoms with E-state index in [-0.39, 0.29) is 12.2 Å². The molecule has 3 rings (SSSR count). The number of hydrogen-bond donors (Lipinski definition) is 2. The van der Waals surface area contributed by atoms with Gasteiger partial charge in [0.1, 0.15) is 11.6 Å². The Bertz CT molecular complexity index is 779. The maximum Gasteiger partial charge on any atom is 0.243 e. The van der Waals surface area contributed by atoms with Crippen LogP contribution in [0.1, 0.15) is 12.8 Å². The largest absolute Gasteiger partial charge is 0.374 e. The molecule has 0 bridgehead atoms. The van der Waals surface area contributed by atoms with Crippen LogP contribution in [0.5, 0.6) is 0 Å². The molecule has 132 valence electrons. The Balaban J connectivity index is 1.66. The summed E-state index contributed by atoms with van der Waals surface area (Å²) in [5, 5.41) is 6.03. The SMILES string of the molecule is O=C(CNc1cc(Cl)ccc1N1CCCC1)Nc1ccc(F)cc1F. The molecular weight excluding hydrogens is 348 g/mol. The van der Waals surface area contributed by atoms with E-state index in [9.17, 15) is 13.6 Å². The molecule has 1 amide bonds. The quantitative estimate of drug-likeness (QED) is 0.831. The Morgan fingerprint density at radius 3 is 2.56 bits per heavy atom. The van der Waals surface area contributed by atoms with Gasteiger partial charge in [-0.15, -0.1) is 0 Å². The van der Waals surface area contributed by atoms with E-state index in [1.54, 1.807) is 6.07 Å². The number of halogens is 3. The van der Waals surface area contributed by atoms with Crippen molar-refractivity contribution in [2.75, 3.05) is 35.2 Å². The van der Waals surface area contributed by atoms with Crippen molar-refractivity contribution in [1.82, 2.24) is 0 Å². The second-order valence-electron chi connectivity index (χ2n) is 5.88. The number of nitrogens with zero attached hydrogens (tertiary/aromatic N) is 1. The van der Waals surface area contributed by atoms with Gasteiger partial charge in [-0.05, 0) is 43.2 Å². The molecule has 1 saturated heterocycles. The monoisotopic (exact) mass is 365 g/mol. The molecular formula is C18H18ClF2N3O. The van der Waals surface area contributed by atoms with E-state index in [4.69, 9.17) is 11.6 Å². The van der Waals surface area contributed by atoms with Crippen LogP contribution in [-0.4, -0.2) is 25.5 Å². The van der Waals surface area contributed by atoms with Gasteiger partial charge in [-0.25, -0.2) is 8.78 Å². The Kier molecular flexibility index (Phi) is 5.38. The smallest absolute Gasteiger partial charge is 0.243 e. The highest BCUT2D eigenvalue weighted by molar-refractivity contribution is 6.31. The minimum atomic E-state index is -0.811. The lowest BCUT2D eigenvalue weighted by Crippen LogP contribution is -2.24. The van der Waals surface area contributed by atoms with Gasteiger partial charge in [0, 0.05) is 24.2 Å². The zero-order valence-corrected chi connectivity index (χ0v) is 14.2. The van der Waals surface area contributed by atoms with Crippen molar-refractivity contribution in [1.29, 1.82) is 0 Å². The predicted molar refractivity (Wildman–Crippen MR) is 96.4 cm³/mol. The van der Waals surface area contributed by atoms with Crippen LogP contribution in [0.25, 0.3) is 0 Å². The molecule has 1 heterocycles. The number of benzene rings is 2. The van der Waals surface area contributed by atoms with Gasteiger partial charge in [-0.2, -0.15) is 0 Å². The third-order valence-electron chi connectivity index (χ3n) is 4.05.